The van der Waals surface area contributed by atoms with E-state index in [1.807, 2.05) is 0 Å². The maximum Gasteiger partial charge on any atom is 0.0724 e. The summed E-state index contributed by atoms with van der Waals surface area (Å²) in [6.45, 7) is 7.26. The molecule has 0 aromatic heterocycles. The molecule has 2 N–H and O–H groups in total. The second-order valence-electron chi connectivity index (χ2n) is 9.32. The summed E-state index contributed by atoms with van der Waals surface area (Å²) in [5.74, 6) is 2.94. The summed E-state index contributed by atoms with van der Waals surface area (Å²) in [7, 11) is 0. The smallest absolute Gasteiger partial charge is 0.0724 e. The van der Waals surface area contributed by atoms with Gasteiger partial charge >= 0.3 is 0 Å². The minimum Gasteiger partial charge on any atom is -0.393 e. The molecule has 0 bridgehead atoms. The van der Waals surface area contributed by atoms with Crippen LogP contribution >= 0.6 is 0 Å². The van der Waals surface area contributed by atoms with Crippen LogP contribution in [-0.2, 0) is 0 Å². The van der Waals surface area contributed by atoms with Crippen molar-refractivity contribution in [1.29, 1.82) is 0 Å². The van der Waals surface area contributed by atoms with Gasteiger partial charge in [0.25, 0.3) is 0 Å². The quantitative estimate of drug-likeness (QED) is 0.666. The van der Waals surface area contributed by atoms with E-state index in [0.29, 0.717) is 17.3 Å². The Labute approximate surface area is 135 Å². The van der Waals surface area contributed by atoms with E-state index in [0.717, 1.165) is 37.5 Å². The summed E-state index contributed by atoms with van der Waals surface area (Å²) >= 11 is 0. The van der Waals surface area contributed by atoms with Crippen LogP contribution in [0.4, 0.5) is 0 Å². The first kappa shape index (κ1) is 15.2. The molecule has 2 nitrogen and oxygen atoms in total. The van der Waals surface area contributed by atoms with Gasteiger partial charge in [-0.15, -0.1) is 0 Å². The molecule has 4 rings (SSSR count). The predicted octanol–water partition coefficient (Wildman–Crippen LogP) is 3.92. The van der Waals surface area contributed by atoms with Crippen molar-refractivity contribution in [1.82, 2.24) is 0 Å². The van der Waals surface area contributed by atoms with Gasteiger partial charge in [0.05, 0.1) is 12.2 Å². The molecule has 124 valence electrons. The lowest BCUT2D eigenvalue weighted by atomic mass is 9.45. The zero-order chi connectivity index (χ0) is 15.7. The van der Waals surface area contributed by atoms with E-state index in [1.54, 1.807) is 5.57 Å². The van der Waals surface area contributed by atoms with Crippen LogP contribution in [0.15, 0.2) is 11.6 Å². The molecule has 0 saturated heterocycles. The molecule has 2 heteroatoms. The lowest BCUT2D eigenvalue weighted by molar-refractivity contribution is -0.0944. The Balaban J connectivity index is 1.72. The molecule has 4 aliphatic carbocycles. The third kappa shape index (κ3) is 1.86. The van der Waals surface area contributed by atoms with Crippen LogP contribution in [-0.4, -0.2) is 22.4 Å². The Bertz CT molecular complexity index is 498. The highest BCUT2D eigenvalue weighted by Gasteiger charge is 2.60. The number of aliphatic hydroxyl groups excluding tert-OH is 2. The number of hydrogen-bond acceptors (Lipinski definition) is 2. The minimum atomic E-state index is -0.214. The van der Waals surface area contributed by atoms with Crippen LogP contribution < -0.4 is 0 Å². The van der Waals surface area contributed by atoms with Gasteiger partial charge in [0, 0.05) is 0 Å². The van der Waals surface area contributed by atoms with Gasteiger partial charge in [0.1, 0.15) is 0 Å². The lowest BCUT2D eigenvalue weighted by Crippen LogP contribution is -2.53. The maximum absolute atomic E-state index is 10.5. The fourth-order valence-corrected chi connectivity index (χ4v) is 7.03. The molecule has 3 saturated carbocycles. The molecule has 3 fully saturated rings. The molecule has 0 heterocycles. The van der Waals surface area contributed by atoms with Crippen LogP contribution in [0, 0.1) is 34.5 Å². The number of fused-ring (bicyclic) bond motifs is 5. The Morgan fingerprint density at radius 3 is 2.55 bits per heavy atom. The first-order chi connectivity index (χ1) is 10.4. The van der Waals surface area contributed by atoms with Crippen LogP contribution in [0.3, 0.4) is 0 Å². The largest absolute Gasteiger partial charge is 0.393 e. The van der Waals surface area contributed by atoms with Gasteiger partial charge in [-0.3, -0.25) is 0 Å². The lowest BCUT2D eigenvalue weighted by Gasteiger charge is -2.60. The molecule has 0 aromatic rings. The van der Waals surface area contributed by atoms with Gasteiger partial charge in [-0.05, 0) is 79.4 Å². The Morgan fingerprint density at radius 1 is 1.00 bits per heavy atom. The van der Waals surface area contributed by atoms with Crippen molar-refractivity contribution in [2.24, 2.45) is 34.5 Å². The van der Waals surface area contributed by atoms with Gasteiger partial charge in [0.15, 0.2) is 0 Å². The Kier molecular flexibility index (Phi) is 3.34. The standard InChI is InChI=1S/C20H32O2/c1-12-10-13-11-14(21)6-8-19(13,2)16-7-9-20(3)15(18(12)16)4-5-17(20)22/h11-12,14-18,21-22H,4-10H2,1-3H3/t12-,14-,15-,16-,17-,18-,19-,20-/m0/s1. The Morgan fingerprint density at radius 2 is 1.77 bits per heavy atom. The summed E-state index contributed by atoms with van der Waals surface area (Å²) in [5.41, 5.74) is 2.02. The van der Waals surface area contributed by atoms with Crippen molar-refractivity contribution in [2.45, 2.75) is 77.9 Å². The second-order valence-corrected chi connectivity index (χ2v) is 9.32. The van der Waals surface area contributed by atoms with Crippen LogP contribution in [0.25, 0.3) is 0 Å². The maximum atomic E-state index is 10.5. The normalized spacial score (nSPS) is 57.6. The molecule has 0 unspecified atom stereocenters. The molecule has 0 spiro atoms. The first-order valence-corrected chi connectivity index (χ1v) is 9.43. The number of aliphatic hydroxyl groups is 2. The van der Waals surface area contributed by atoms with Gasteiger partial charge in [-0.25, -0.2) is 0 Å². The summed E-state index contributed by atoms with van der Waals surface area (Å²) in [6, 6.07) is 0. The summed E-state index contributed by atoms with van der Waals surface area (Å²) in [5, 5.41) is 20.6. The third-order valence-electron chi connectivity index (χ3n) is 8.39. The summed E-state index contributed by atoms with van der Waals surface area (Å²) in [6.07, 6.45) is 9.84. The van der Waals surface area contributed by atoms with Crippen LogP contribution in [0.1, 0.15) is 65.7 Å². The SMILES string of the molecule is C[C@H]1CC2=C[C@@H](O)CC[C@]2(C)[C@H]2CC[C@]3(C)[C@@H](O)CC[C@H]3[C@H]12. The monoisotopic (exact) mass is 304 g/mol. The molecular weight excluding hydrogens is 272 g/mol. The summed E-state index contributed by atoms with van der Waals surface area (Å²) in [4.78, 5) is 0. The fourth-order valence-electron chi connectivity index (χ4n) is 7.03. The first-order valence-electron chi connectivity index (χ1n) is 9.43. The van der Waals surface area contributed by atoms with Crippen molar-refractivity contribution >= 4 is 0 Å². The Hall–Kier alpha value is -0.340. The molecule has 0 radical (unpaired) electrons. The average molecular weight is 304 g/mol. The zero-order valence-corrected chi connectivity index (χ0v) is 14.4. The van der Waals surface area contributed by atoms with E-state index < -0.39 is 0 Å². The van der Waals surface area contributed by atoms with Crippen molar-refractivity contribution in [3.05, 3.63) is 11.6 Å². The number of allylic oxidation sites excluding steroid dienone is 1. The molecule has 8 atom stereocenters. The topological polar surface area (TPSA) is 40.5 Å². The van der Waals surface area contributed by atoms with E-state index in [4.69, 9.17) is 0 Å². The summed E-state index contributed by atoms with van der Waals surface area (Å²) < 4.78 is 0. The molecule has 0 amide bonds. The highest BCUT2D eigenvalue weighted by Crippen LogP contribution is 2.66. The van der Waals surface area contributed by atoms with Crippen molar-refractivity contribution in [2.75, 3.05) is 0 Å². The third-order valence-corrected chi connectivity index (χ3v) is 8.39. The van der Waals surface area contributed by atoms with Crippen molar-refractivity contribution in [3.63, 3.8) is 0 Å². The fraction of sp³-hybridized carbons (Fsp3) is 0.900. The van der Waals surface area contributed by atoms with E-state index in [-0.39, 0.29) is 17.6 Å². The minimum absolute atomic E-state index is 0.0800. The molecular formula is C20H32O2. The molecule has 22 heavy (non-hydrogen) atoms. The number of hydrogen-bond donors (Lipinski definition) is 2. The van der Waals surface area contributed by atoms with Gasteiger partial charge in [0.2, 0.25) is 0 Å². The van der Waals surface area contributed by atoms with Gasteiger partial charge < -0.3 is 10.2 Å². The van der Waals surface area contributed by atoms with Crippen molar-refractivity contribution < 1.29 is 10.2 Å². The van der Waals surface area contributed by atoms with Crippen LogP contribution in [0.5, 0.6) is 0 Å². The van der Waals surface area contributed by atoms with E-state index in [2.05, 4.69) is 26.8 Å². The zero-order valence-electron chi connectivity index (χ0n) is 14.4. The van der Waals surface area contributed by atoms with E-state index in [9.17, 15) is 10.2 Å². The highest BCUT2D eigenvalue weighted by atomic mass is 16.3. The highest BCUT2D eigenvalue weighted by molar-refractivity contribution is 5.26. The van der Waals surface area contributed by atoms with Crippen LogP contribution in [0.2, 0.25) is 0 Å². The predicted molar refractivity (Wildman–Crippen MR) is 88.3 cm³/mol. The van der Waals surface area contributed by atoms with E-state index >= 15 is 0 Å². The molecule has 4 aliphatic rings. The number of rotatable bonds is 0. The van der Waals surface area contributed by atoms with Gasteiger partial charge in [-0.1, -0.05) is 32.4 Å². The van der Waals surface area contributed by atoms with E-state index in [1.165, 1.54) is 19.3 Å². The van der Waals surface area contributed by atoms with Crippen molar-refractivity contribution in [3.8, 4) is 0 Å². The molecule has 0 aromatic carbocycles. The van der Waals surface area contributed by atoms with Gasteiger partial charge in [-0.2, -0.15) is 0 Å². The average Bonchev–Trinajstić information content (AvgIpc) is 2.77. The second kappa shape index (κ2) is 4.83. The molecule has 0 aliphatic heterocycles.